The topological polar surface area (TPSA) is 66.6 Å². The minimum Gasteiger partial charge on any atom is -0.367 e. The average Bonchev–Trinajstić information content (AvgIpc) is 2.86. The van der Waals surface area contributed by atoms with E-state index in [0.29, 0.717) is 18.8 Å². The predicted octanol–water partition coefficient (Wildman–Crippen LogP) is 0.982. The zero-order valence-electron chi connectivity index (χ0n) is 11.6. The van der Waals surface area contributed by atoms with Gasteiger partial charge in [-0.05, 0) is 24.6 Å². The van der Waals surface area contributed by atoms with Gasteiger partial charge >= 0.3 is 0 Å². The molecule has 1 aliphatic rings. The molecule has 1 aromatic rings. The molecule has 0 saturated carbocycles. The summed E-state index contributed by atoms with van der Waals surface area (Å²) < 4.78 is 14.0. The van der Waals surface area contributed by atoms with Crippen LogP contribution in [0.2, 0.25) is 0 Å². The molecule has 1 saturated heterocycles. The average molecular weight is 279 g/mol. The standard InChI is InChI=1S/C14H18FN3O2/c1-9(19)17(2)11-5-6-18(8-11)13-4-3-10(14(16)20)7-12(13)15/h3-4,7,11H,5-6,8H2,1-2H3,(H2,16,20). The minimum atomic E-state index is -0.647. The molecule has 2 amide bonds. The smallest absolute Gasteiger partial charge is 0.248 e. The third-order valence-electron chi connectivity index (χ3n) is 3.78. The molecule has 1 aromatic carbocycles. The van der Waals surface area contributed by atoms with Gasteiger partial charge in [0.1, 0.15) is 5.82 Å². The predicted molar refractivity (Wildman–Crippen MR) is 74.0 cm³/mol. The molecule has 20 heavy (non-hydrogen) atoms. The summed E-state index contributed by atoms with van der Waals surface area (Å²) in [5.41, 5.74) is 5.71. The molecule has 2 rings (SSSR count). The molecule has 1 unspecified atom stereocenters. The Bertz CT molecular complexity index is 547. The van der Waals surface area contributed by atoms with Crippen molar-refractivity contribution in [1.29, 1.82) is 0 Å². The number of primary amides is 1. The van der Waals surface area contributed by atoms with Crippen LogP contribution >= 0.6 is 0 Å². The van der Waals surface area contributed by atoms with Gasteiger partial charge in [-0.25, -0.2) is 4.39 Å². The van der Waals surface area contributed by atoms with Gasteiger partial charge in [-0.3, -0.25) is 9.59 Å². The largest absolute Gasteiger partial charge is 0.367 e. The van der Waals surface area contributed by atoms with Gasteiger partial charge in [0, 0.05) is 32.6 Å². The lowest BCUT2D eigenvalue weighted by Crippen LogP contribution is -2.37. The summed E-state index contributed by atoms with van der Waals surface area (Å²) in [6.45, 7) is 2.78. The van der Waals surface area contributed by atoms with Gasteiger partial charge in [0.25, 0.3) is 0 Å². The maximum Gasteiger partial charge on any atom is 0.248 e. The fourth-order valence-corrected chi connectivity index (χ4v) is 2.45. The summed E-state index contributed by atoms with van der Waals surface area (Å²) in [6, 6.07) is 4.32. The van der Waals surface area contributed by atoms with Crippen molar-refractivity contribution >= 4 is 17.5 Å². The molecule has 0 bridgehead atoms. The van der Waals surface area contributed by atoms with Gasteiger partial charge in [-0.15, -0.1) is 0 Å². The highest BCUT2D eigenvalue weighted by Gasteiger charge is 2.28. The summed E-state index contributed by atoms with van der Waals surface area (Å²) in [5.74, 6) is -1.11. The van der Waals surface area contributed by atoms with Crippen LogP contribution in [0.5, 0.6) is 0 Å². The molecule has 1 aliphatic heterocycles. The van der Waals surface area contributed by atoms with Gasteiger partial charge in [0.2, 0.25) is 11.8 Å². The zero-order valence-corrected chi connectivity index (χ0v) is 11.6. The van der Waals surface area contributed by atoms with Crippen LogP contribution in [0.25, 0.3) is 0 Å². The van der Waals surface area contributed by atoms with E-state index in [9.17, 15) is 14.0 Å². The number of benzene rings is 1. The van der Waals surface area contributed by atoms with E-state index in [-0.39, 0.29) is 17.5 Å². The lowest BCUT2D eigenvalue weighted by molar-refractivity contribution is -0.129. The summed E-state index contributed by atoms with van der Waals surface area (Å²) in [5, 5.41) is 0. The molecular weight excluding hydrogens is 261 g/mol. The Morgan fingerprint density at radius 3 is 2.70 bits per heavy atom. The van der Waals surface area contributed by atoms with Gasteiger partial charge in [0.05, 0.1) is 11.7 Å². The monoisotopic (exact) mass is 279 g/mol. The summed E-state index contributed by atoms with van der Waals surface area (Å²) in [6.07, 6.45) is 0.799. The van der Waals surface area contributed by atoms with Crippen LogP contribution in [0, 0.1) is 5.82 Å². The van der Waals surface area contributed by atoms with Crippen LogP contribution in [0.15, 0.2) is 18.2 Å². The molecule has 1 fully saturated rings. The van der Waals surface area contributed by atoms with E-state index in [4.69, 9.17) is 5.73 Å². The fourth-order valence-electron chi connectivity index (χ4n) is 2.45. The lowest BCUT2D eigenvalue weighted by atomic mass is 10.2. The van der Waals surface area contributed by atoms with E-state index < -0.39 is 11.7 Å². The van der Waals surface area contributed by atoms with Crippen LogP contribution in [0.1, 0.15) is 23.7 Å². The Morgan fingerprint density at radius 1 is 1.45 bits per heavy atom. The SMILES string of the molecule is CC(=O)N(C)C1CCN(c2ccc(C(N)=O)cc2F)C1. The second-order valence-electron chi connectivity index (χ2n) is 5.05. The second-order valence-corrected chi connectivity index (χ2v) is 5.05. The van der Waals surface area contributed by atoms with Crippen molar-refractivity contribution < 1.29 is 14.0 Å². The number of likely N-dealkylation sites (N-methyl/N-ethyl adjacent to an activating group) is 1. The number of nitrogens with zero attached hydrogens (tertiary/aromatic N) is 2. The summed E-state index contributed by atoms with van der Waals surface area (Å²) in [4.78, 5) is 25.9. The highest BCUT2D eigenvalue weighted by atomic mass is 19.1. The first-order valence-corrected chi connectivity index (χ1v) is 6.48. The van der Waals surface area contributed by atoms with E-state index in [1.165, 1.54) is 13.0 Å². The third kappa shape index (κ3) is 2.74. The first-order chi connectivity index (χ1) is 9.40. The number of nitrogens with two attached hydrogens (primary N) is 1. The molecular formula is C14H18FN3O2. The van der Waals surface area contributed by atoms with Crippen LogP contribution in [-0.2, 0) is 4.79 Å². The number of hydrogen-bond acceptors (Lipinski definition) is 3. The summed E-state index contributed by atoms with van der Waals surface area (Å²) >= 11 is 0. The normalized spacial score (nSPS) is 18.1. The van der Waals surface area contributed by atoms with E-state index >= 15 is 0 Å². The molecule has 108 valence electrons. The molecule has 1 atom stereocenters. The number of carbonyl (C=O) groups excluding carboxylic acids is 2. The zero-order chi connectivity index (χ0) is 14.9. The number of halogens is 1. The Labute approximate surface area is 117 Å². The third-order valence-corrected chi connectivity index (χ3v) is 3.78. The molecule has 2 N–H and O–H groups in total. The molecule has 5 nitrogen and oxygen atoms in total. The fraction of sp³-hybridized carbons (Fsp3) is 0.429. The van der Waals surface area contributed by atoms with Crippen LogP contribution in [0.4, 0.5) is 10.1 Å². The van der Waals surface area contributed by atoms with Crippen molar-refractivity contribution in [2.45, 2.75) is 19.4 Å². The van der Waals surface area contributed by atoms with Crippen LogP contribution in [-0.4, -0.2) is 42.9 Å². The molecule has 0 spiro atoms. The van der Waals surface area contributed by atoms with Crippen molar-refractivity contribution in [2.75, 3.05) is 25.0 Å². The van der Waals surface area contributed by atoms with Crippen molar-refractivity contribution in [3.8, 4) is 0 Å². The van der Waals surface area contributed by atoms with Crippen molar-refractivity contribution in [3.05, 3.63) is 29.6 Å². The van der Waals surface area contributed by atoms with Gasteiger partial charge < -0.3 is 15.5 Å². The van der Waals surface area contributed by atoms with E-state index in [0.717, 1.165) is 12.5 Å². The minimum absolute atomic E-state index is 0.00129. The number of anilines is 1. The lowest BCUT2D eigenvalue weighted by Gasteiger charge is -2.24. The highest BCUT2D eigenvalue weighted by Crippen LogP contribution is 2.26. The number of amides is 2. The van der Waals surface area contributed by atoms with Gasteiger partial charge in [0.15, 0.2) is 0 Å². The van der Waals surface area contributed by atoms with Crippen LogP contribution in [0.3, 0.4) is 0 Å². The van der Waals surface area contributed by atoms with Crippen molar-refractivity contribution in [2.24, 2.45) is 5.73 Å². The summed E-state index contributed by atoms with van der Waals surface area (Å²) in [7, 11) is 1.75. The van der Waals surface area contributed by atoms with E-state index in [1.54, 1.807) is 18.0 Å². The molecule has 0 radical (unpaired) electrons. The molecule has 6 heteroatoms. The van der Waals surface area contributed by atoms with E-state index in [2.05, 4.69) is 0 Å². The Kier molecular flexibility index (Phi) is 3.92. The van der Waals surface area contributed by atoms with Gasteiger partial charge in [-0.1, -0.05) is 0 Å². The van der Waals surface area contributed by atoms with Crippen LogP contribution < -0.4 is 10.6 Å². The highest BCUT2D eigenvalue weighted by molar-refractivity contribution is 5.93. The van der Waals surface area contributed by atoms with Gasteiger partial charge in [-0.2, -0.15) is 0 Å². The van der Waals surface area contributed by atoms with Crippen molar-refractivity contribution in [1.82, 2.24) is 4.90 Å². The number of carbonyl (C=O) groups is 2. The molecule has 0 aromatic heterocycles. The van der Waals surface area contributed by atoms with E-state index in [1.807, 2.05) is 4.90 Å². The number of rotatable bonds is 3. The number of hydrogen-bond donors (Lipinski definition) is 1. The van der Waals surface area contributed by atoms with Crippen molar-refractivity contribution in [3.63, 3.8) is 0 Å². The Hall–Kier alpha value is -2.11. The maximum atomic E-state index is 14.0. The Morgan fingerprint density at radius 2 is 2.15 bits per heavy atom. The quantitative estimate of drug-likeness (QED) is 0.897. The molecule has 0 aliphatic carbocycles. The first-order valence-electron chi connectivity index (χ1n) is 6.48. The molecule has 1 heterocycles. The Balaban J connectivity index is 2.14. The maximum absolute atomic E-state index is 14.0. The second kappa shape index (κ2) is 5.48. The first kappa shape index (κ1) is 14.3.